The van der Waals surface area contributed by atoms with Gasteiger partial charge in [0.05, 0.1) is 24.6 Å². The summed E-state index contributed by atoms with van der Waals surface area (Å²) in [6.07, 6.45) is 0.824. The monoisotopic (exact) mass is 388 g/mol. The van der Waals surface area contributed by atoms with Crippen molar-refractivity contribution >= 4 is 23.3 Å². The summed E-state index contributed by atoms with van der Waals surface area (Å²) < 4.78 is 11.2. The molecule has 6 N–H and O–H groups in total. The summed E-state index contributed by atoms with van der Waals surface area (Å²) in [4.78, 5) is 21.1. The van der Waals surface area contributed by atoms with E-state index < -0.39 is 11.9 Å². The molecule has 0 spiro atoms. The minimum atomic E-state index is -0.872. The van der Waals surface area contributed by atoms with Crippen molar-refractivity contribution in [2.75, 3.05) is 24.7 Å². The Hall–Kier alpha value is -3.42. The predicted octanol–water partition coefficient (Wildman–Crippen LogP) is 3.01. The molecule has 0 aliphatic rings. The van der Waals surface area contributed by atoms with Crippen LogP contribution in [-0.2, 0) is 9.59 Å². The topological polar surface area (TPSA) is 145 Å². The summed E-state index contributed by atoms with van der Waals surface area (Å²) in [7, 11) is 0. The maximum Gasteiger partial charge on any atom is 0.303 e. The van der Waals surface area contributed by atoms with Gasteiger partial charge in [-0.05, 0) is 48.2 Å². The second-order valence-corrected chi connectivity index (χ2v) is 6.20. The lowest BCUT2D eigenvalue weighted by Gasteiger charge is -2.13. The van der Waals surface area contributed by atoms with E-state index in [9.17, 15) is 9.59 Å². The SMILES string of the molecule is Nc1ccc(-c2ccc(N)c(OCCCC(=O)O)c2)cc1OCCCC(=O)O. The maximum absolute atomic E-state index is 10.6. The molecule has 8 heteroatoms. The van der Waals surface area contributed by atoms with Gasteiger partial charge in [-0.25, -0.2) is 0 Å². The molecule has 0 fully saturated rings. The van der Waals surface area contributed by atoms with Crippen LogP contribution in [0.5, 0.6) is 11.5 Å². The van der Waals surface area contributed by atoms with Crippen molar-refractivity contribution in [1.29, 1.82) is 0 Å². The molecule has 8 nitrogen and oxygen atoms in total. The lowest BCUT2D eigenvalue weighted by Crippen LogP contribution is -2.04. The fourth-order valence-electron chi connectivity index (χ4n) is 2.49. The number of aliphatic carboxylic acids is 2. The summed E-state index contributed by atoms with van der Waals surface area (Å²) in [5.41, 5.74) is 14.4. The molecule has 0 aliphatic heterocycles. The van der Waals surface area contributed by atoms with Crippen molar-refractivity contribution in [3.8, 4) is 22.6 Å². The van der Waals surface area contributed by atoms with Gasteiger partial charge < -0.3 is 31.2 Å². The van der Waals surface area contributed by atoms with Gasteiger partial charge in [0, 0.05) is 12.8 Å². The van der Waals surface area contributed by atoms with Gasteiger partial charge in [-0.3, -0.25) is 9.59 Å². The van der Waals surface area contributed by atoms with E-state index in [1.165, 1.54) is 0 Å². The first-order valence-corrected chi connectivity index (χ1v) is 8.85. The molecule has 0 bridgehead atoms. The molecule has 0 saturated carbocycles. The van der Waals surface area contributed by atoms with E-state index >= 15 is 0 Å². The number of anilines is 2. The first-order chi connectivity index (χ1) is 13.4. The van der Waals surface area contributed by atoms with Crippen molar-refractivity contribution in [3.05, 3.63) is 36.4 Å². The molecule has 0 unspecified atom stereocenters. The Balaban J connectivity index is 2.09. The standard InChI is InChI=1S/C20H24N2O6/c21-15-7-5-13(11-17(15)27-9-1-3-19(23)24)14-6-8-16(22)18(12-14)28-10-2-4-20(25)26/h5-8,11-12H,1-4,9-10,21-22H2,(H,23,24)(H,25,26). The number of nitrogen functional groups attached to an aromatic ring is 2. The normalized spacial score (nSPS) is 10.4. The first kappa shape index (κ1) is 20.9. The zero-order valence-corrected chi connectivity index (χ0v) is 15.4. The Bertz CT molecular complexity index is 768. The molecule has 0 aromatic heterocycles. The van der Waals surface area contributed by atoms with Crippen LogP contribution < -0.4 is 20.9 Å². The molecular weight excluding hydrogens is 364 g/mol. The summed E-state index contributed by atoms with van der Waals surface area (Å²) >= 11 is 0. The zero-order chi connectivity index (χ0) is 20.5. The number of ether oxygens (including phenoxy) is 2. The van der Waals surface area contributed by atoms with Gasteiger partial charge in [0.2, 0.25) is 0 Å². The average molecular weight is 388 g/mol. The average Bonchev–Trinajstić information content (AvgIpc) is 2.64. The third kappa shape index (κ3) is 6.39. The molecule has 0 atom stereocenters. The largest absolute Gasteiger partial charge is 0.491 e. The third-order valence-corrected chi connectivity index (χ3v) is 3.95. The van der Waals surface area contributed by atoms with Gasteiger partial charge in [-0.1, -0.05) is 12.1 Å². The summed E-state index contributed by atoms with van der Waals surface area (Å²) in [5, 5.41) is 17.4. The van der Waals surface area contributed by atoms with Crippen LogP contribution in [0.25, 0.3) is 11.1 Å². The van der Waals surface area contributed by atoms with Crippen molar-refractivity contribution < 1.29 is 29.3 Å². The minimum absolute atomic E-state index is 0.0279. The zero-order valence-electron chi connectivity index (χ0n) is 15.4. The molecule has 0 radical (unpaired) electrons. The Labute approximate surface area is 162 Å². The number of carboxylic acids is 2. The fourth-order valence-corrected chi connectivity index (χ4v) is 2.49. The summed E-state index contributed by atoms with van der Waals surface area (Å²) in [5.74, 6) is -0.793. The highest BCUT2D eigenvalue weighted by molar-refractivity contribution is 5.73. The van der Waals surface area contributed by atoms with Gasteiger partial charge in [0.1, 0.15) is 11.5 Å². The molecule has 0 heterocycles. The molecule has 28 heavy (non-hydrogen) atoms. The van der Waals surface area contributed by atoms with E-state index in [-0.39, 0.29) is 26.1 Å². The number of carbonyl (C=O) groups is 2. The van der Waals surface area contributed by atoms with Crippen LogP contribution in [0.4, 0.5) is 11.4 Å². The van der Waals surface area contributed by atoms with E-state index in [0.717, 1.165) is 11.1 Å². The molecule has 2 aromatic rings. The van der Waals surface area contributed by atoms with Crippen LogP contribution in [0.2, 0.25) is 0 Å². The van der Waals surface area contributed by atoms with Crippen LogP contribution in [0, 0.1) is 0 Å². The van der Waals surface area contributed by atoms with E-state index in [2.05, 4.69) is 0 Å². The Morgan fingerprint density at radius 3 is 1.50 bits per heavy atom. The lowest BCUT2D eigenvalue weighted by atomic mass is 10.0. The van der Waals surface area contributed by atoms with Crippen LogP contribution in [0.3, 0.4) is 0 Å². The van der Waals surface area contributed by atoms with Crippen LogP contribution in [0.15, 0.2) is 36.4 Å². The number of hydrogen-bond donors (Lipinski definition) is 4. The highest BCUT2D eigenvalue weighted by atomic mass is 16.5. The lowest BCUT2D eigenvalue weighted by molar-refractivity contribution is -0.138. The van der Waals surface area contributed by atoms with Gasteiger partial charge in [-0.15, -0.1) is 0 Å². The summed E-state index contributed by atoms with van der Waals surface area (Å²) in [6, 6.07) is 10.6. The van der Waals surface area contributed by atoms with Crippen molar-refractivity contribution in [2.45, 2.75) is 25.7 Å². The second kappa shape index (κ2) is 10.1. The van der Waals surface area contributed by atoms with Crippen LogP contribution in [0.1, 0.15) is 25.7 Å². The molecule has 0 amide bonds. The molecule has 0 saturated heterocycles. The van der Waals surface area contributed by atoms with E-state index in [1.54, 1.807) is 24.3 Å². The van der Waals surface area contributed by atoms with Crippen LogP contribution in [-0.4, -0.2) is 35.4 Å². The Morgan fingerprint density at radius 2 is 1.14 bits per heavy atom. The van der Waals surface area contributed by atoms with Crippen LogP contribution >= 0.6 is 0 Å². The molecular formula is C20H24N2O6. The maximum atomic E-state index is 10.6. The second-order valence-electron chi connectivity index (χ2n) is 6.20. The number of carboxylic acid groups (broad SMARTS) is 2. The van der Waals surface area contributed by atoms with Crippen molar-refractivity contribution in [1.82, 2.24) is 0 Å². The molecule has 0 aliphatic carbocycles. The number of hydrogen-bond acceptors (Lipinski definition) is 6. The Morgan fingerprint density at radius 1 is 0.750 bits per heavy atom. The number of nitrogens with two attached hydrogens (primary N) is 2. The molecule has 150 valence electrons. The highest BCUT2D eigenvalue weighted by Gasteiger charge is 2.09. The smallest absolute Gasteiger partial charge is 0.303 e. The third-order valence-electron chi connectivity index (χ3n) is 3.95. The van der Waals surface area contributed by atoms with Gasteiger partial charge >= 0.3 is 11.9 Å². The molecule has 2 rings (SSSR count). The van der Waals surface area contributed by atoms with Gasteiger partial charge in [0.15, 0.2) is 0 Å². The minimum Gasteiger partial charge on any atom is -0.491 e. The fraction of sp³-hybridized carbons (Fsp3) is 0.300. The van der Waals surface area contributed by atoms with Crippen molar-refractivity contribution in [2.24, 2.45) is 0 Å². The highest BCUT2D eigenvalue weighted by Crippen LogP contribution is 2.33. The van der Waals surface area contributed by atoms with E-state index in [0.29, 0.717) is 35.7 Å². The molecule has 2 aromatic carbocycles. The summed E-state index contributed by atoms with van der Waals surface area (Å²) in [6.45, 7) is 0.499. The quantitative estimate of drug-likeness (QED) is 0.339. The number of rotatable bonds is 11. The van der Waals surface area contributed by atoms with Crippen molar-refractivity contribution in [3.63, 3.8) is 0 Å². The predicted molar refractivity (Wildman–Crippen MR) is 105 cm³/mol. The first-order valence-electron chi connectivity index (χ1n) is 8.85. The van der Waals surface area contributed by atoms with Gasteiger partial charge in [-0.2, -0.15) is 0 Å². The van der Waals surface area contributed by atoms with Gasteiger partial charge in [0.25, 0.3) is 0 Å². The van der Waals surface area contributed by atoms with E-state index in [4.69, 9.17) is 31.2 Å². The number of benzene rings is 2. The van der Waals surface area contributed by atoms with E-state index in [1.807, 2.05) is 12.1 Å². The Kier molecular flexibility index (Phi) is 7.50.